The average Bonchev–Trinajstić information content (AvgIpc) is 3.28. The monoisotopic (exact) mass is 364 g/mol. The summed E-state index contributed by atoms with van der Waals surface area (Å²) in [5.41, 5.74) is 0.676. The van der Waals surface area contributed by atoms with Gasteiger partial charge in [-0.2, -0.15) is 0 Å². The standard InChI is InChI=1S/C16H14BrFN2O2/c1-22-14-6-12(18)5-13(7-14)20-15(21)16(2-3-16)10-4-11(17)9-19-8-10/h4-9H,2-3H2,1H3,(H,20,21). The molecule has 0 saturated heterocycles. The van der Waals surface area contributed by atoms with Gasteiger partial charge in [0.15, 0.2) is 0 Å². The van der Waals surface area contributed by atoms with Gasteiger partial charge in [-0.15, -0.1) is 0 Å². The summed E-state index contributed by atoms with van der Waals surface area (Å²) in [6, 6.07) is 6.03. The van der Waals surface area contributed by atoms with E-state index in [1.54, 1.807) is 18.5 Å². The first-order valence-electron chi connectivity index (χ1n) is 6.80. The Morgan fingerprint density at radius 1 is 1.32 bits per heavy atom. The molecule has 0 bridgehead atoms. The third-order valence-corrected chi connectivity index (χ3v) is 4.24. The highest BCUT2D eigenvalue weighted by Crippen LogP contribution is 2.49. The van der Waals surface area contributed by atoms with Crippen LogP contribution in [0.2, 0.25) is 0 Å². The second-order valence-corrected chi connectivity index (χ2v) is 6.22. The molecule has 0 unspecified atom stereocenters. The number of nitrogens with one attached hydrogen (secondary N) is 1. The molecule has 1 amide bonds. The molecule has 6 heteroatoms. The van der Waals surface area contributed by atoms with Gasteiger partial charge in [-0.1, -0.05) is 0 Å². The van der Waals surface area contributed by atoms with Crippen molar-refractivity contribution < 1.29 is 13.9 Å². The lowest BCUT2D eigenvalue weighted by Gasteiger charge is -2.16. The molecule has 114 valence electrons. The van der Waals surface area contributed by atoms with Crippen LogP contribution in [-0.2, 0) is 10.2 Å². The Kier molecular flexibility index (Phi) is 3.87. The van der Waals surface area contributed by atoms with E-state index in [4.69, 9.17) is 4.74 Å². The fraction of sp³-hybridized carbons (Fsp3) is 0.250. The van der Waals surface area contributed by atoms with Crippen LogP contribution in [0.5, 0.6) is 5.75 Å². The highest BCUT2D eigenvalue weighted by atomic mass is 79.9. The Bertz CT molecular complexity index is 732. The quantitative estimate of drug-likeness (QED) is 0.900. The van der Waals surface area contributed by atoms with Crippen LogP contribution < -0.4 is 10.1 Å². The van der Waals surface area contributed by atoms with Gasteiger partial charge < -0.3 is 10.1 Å². The topological polar surface area (TPSA) is 51.2 Å². The molecule has 0 spiro atoms. The van der Waals surface area contributed by atoms with Gasteiger partial charge >= 0.3 is 0 Å². The maximum absolute atomic E-state index is 13.5. The molecule has 1 fully saturated rings. The number of hydrogen-bond donors (Lipinski definition) is 1. The second-order valence-electron chi connectivity index (χ2n) is 5.31. The highest BCUT2D eigenvalue weighted by molar-refractivity contribution is 9.10. The number of rotatable bonds is 4. The zero-order valence-electron chi connectivity index (χ0n) is 11.9. The number of methoxy groups -OCH3 is 1. The number of benzene rings is 1. The summed E-state index contributed by atoms with van der Waals surface area (Å²) in [4.78, 5) is 16.7. The van der Waals surface area contributed by atoms with Crippen molar-refractivity contribution >= 4 is 27.5 Å². The fourth-order valence-electron chi connectivity index (χ4n) is 2.45. The summed E-state index contributed by atoms with van der Waals surface area (Å²) in [5, 5.41) is 2.78. The van der Waals surface area contributed by atoms with Gasteiger partial charge in [-0.25, -0.2) is 4.39 Å². The predicted octanol–water partition coefficient (Wildman–Crippen LogP) is 3.66. The minimum atomic E-state index is -0.573. The molecule has 4 nitrogen and oxygen atoms in total. The largest absolute Gasteiger partial charge is 0.497 e. The molecule has 1 aromatic carbocycles. The number of pyridine rings is 1. The molecular formula is C16H14BrFN2O2. The van der Waals surface area contributed by atoms with E-state index in [1.807, 2.05) is 6.07 Å². The molecule has 3 rings (SSSR count). The van der Waals surface area contributed by atoms with E-state index in [-0.39, 0.29) is 5.91 Å². The number of carbonyl (C=O) groups excluding carboxylic acids is 1. The van der Waals surface area contributed by atoms with E-state index >= 15 is 0 Å². The van der Waals surface area contributed by atoms with Crippen LogP contribution in [0, 0.1) is 5.82 Å². The fourth-order valence-corrected chi connectivity index (χ4v) is 2.81. The predicted molar refractivity (Wildman–Crippen MR) is 84.4 cm³/mol. The highest BCUT2D eigenvalue weighted by Gasteiger charge is 2.51. The molecule has 1 aromatic heterocycles. The number of anilines is 1. The van der Waals surface area contributed by atoms with Crippen LogP contribution in [0.1, 0.15) is 18.4 Å². The van der Waals surface area contributed by atoms with Gasteiger partial charge in [0.2, 0.25) is 5.91 Å². The lowest BCUT2D eigenvalue weighted by Crippen LogP contribution is -2.28. The van der Waals surface area contributed by atoms with E-state index in [0.29, 0.717) is 11.4 Å². The van der Waals surface area contributed by atoms with Crippen LogP contribution in [-0.4, -0.2) is 18.0 Å². The van der Waals surface area contributed by atoms with Gasteiger partial charge in [0.05, 0.1) is 12.5 Å². The molecule has 1 aliphatic rings. The summed E-state index contributed by atoms with van der Waals surface area (Å²) in [7, 11) is 1.45. The average molecular weight is 365 g/mol. The first-order valence-corrected chi connectivity index (χ1v) is 7.60. The number of nitrogens with zero attached hydrogens (tertiary/aromatic N) is 1. The normalized spacial score (nSPS) is 15.2. The van der Waals surface area contributed by atoms with Gasteiger partial charge in [0, 0.05) is 34.7 Å². The summed E-state index contributed by atoms with van der Waals surface area (Å²) in [6.07, 6.45) is 4.88. The van der Waals surface area contributed by atoms with Gasteiger partial charge in [0.25, 0.3) is 0 Å². The van der Waals surface area contributed by atoms with Crippen molar-refractivity contribution in [2.75, 3.05) is 12.4 Å². The number of amides is 1. The molecule has 0 radical (unpaired) electrons. The van der Waals surface area contributed by atoms with Crippen molar-refractivity contribution in [3.05, 3.63) is 52.5 Å². The molecule has 1 heterocycles. The minimum absolute atomic E-state index is 0.153. The molecule has 0 atom stereocenters. The van der Waals surface area contributed by atoms with Crippen LogP contribution in [0.3, 0.4) is 0 Å². The number of ether oxygens (including phenoxy) is 1. The summed E-state index contributed by atoms with van der Waals surface area (Å²) in [5.74, 6) is -0.243. The Hall–Kier alpha value is -1.95. The molecule has 2 aromatic rings. The van der Waals surface area contributed by atoms with Crippen LogP contribution in [0.4, 0.5) is 10.1 Å². The van der Waals surface area contributed by atoms with Gasteiger partial charge in [-0.05, 0) is 46.5 Å². The van der Waals surface area contributed by atoms with Crippen LogP contribution in [0.15, 0.2) is 41.1 Å². The molecule has 1 aliphatic carbocycles. The molecule has 0 aliphatic heterocycles. The third kappa shape index (κ3) is 2.83. The summed E-state index contributed by atoms with van der Waals surface area (Å²) < 4.78 is 19.3. The van der Waals surface area contributed by atoms with E-state index < -0.39 is 11.2 Å². The van der Waals surface area contributed by atoms with Crippen LogP contribution >= 0.6 is 15.9 Å². The van der Waals surface area contributed by atoms with Gasteiger partial charge in [0.1, 0.15) is 11.6 Å². The molecule has 22 heavy (non-hydrogen) atoms. The minimum Gasteiger partial charge on any atom is -0.497 e. The van der Waals surface area contributed by atoms with Crippen molar-refractivity contribution in [1.82, 2.24) is 4.98 Å². The molecule has 1 N–H and O–H groups in total. The van der Waals surface area contributed by atoms with Crippen molar-refractivity contribution in [3.63, 3.8) is 0 Å². The zero-order valence-corrected chi connectivity index (χ0v) is 13.5. The SMILES string of the molecule is COc1cc(F)cc(NC(=O)C2(c3cncc(Br)c3)CC2)c1. The first kappa shape index (κ1) is 15.0. The number of halogens is 2. The lowest BCUT2D eigenvalue weighted by molar-refractivity contribution is -0.118. The van der Waals surface area contributed by atoms with E-state index in [0.717, 1.165) is 22.9 Å². The second kappa shape index (κ2) is 5.68. The Morgan fingerprint density at radius 3 is 2.73 bits per heavy atom. The van der Waals surface area contributed by atoms with Crippen molar-refractivity contribution in [2.45, 2.75) is 18.3 Å². The Balaban J connectivity index is 1.84. The molecular weight excluding hydrogens is 351 g/mol. The maximum Gasteiger partial charge on any atom is 0.235 e. The van der Waals surface area contributed by atoms with E-state index in [2.05, 4.69) is 26.2 Å². The molecule has 1 saturated carbocycles. The number of hydrogen-bond acceptors (Lipinski definition) is 3. The maximum atomic E-state index is 13.5. The Morgan fingerprint density at radius 2 is 2.09 bits per heavy atom. The van der Waals surface area contributed by atoms with E-state index in [9.17, 15) is 9.18 Å². The number of carbonyl (C=O) groups is 1. The first-order chi connectivity index (χ1) is 10.5. The number of aromatic nitrogens is 1. The zero-order chi connectivity index (χ0) is 15.7. The third-order valence-electron chi connectivity index (χ3n) is 3.81. The summed E-state index contributed by atoms with van der Waals surface area (Å²) >= 11 is 3.37. The summed E-state index contributed by atoms with van der Waals surface area (Å²) in [6.45, 7) is 0. The van der Waals surface area contributed by atoms with Crippen molar-refractivity contribution in [2.24, 2.45) is 0 Å². The van der Waals surface area contributed by atoms with Crippen molar-refractivity contribution in [1.29, 1.82) is 0 Å². The van der Waals surface area contributed by atoms with Gasteiger partial charge in [-0.3, -0.25) is 9.78 Å². The Labute approximate surface area is 135 Å². The lowest BCUT2D eigenvalue weighted by atomic mass is 9.96. The smallest absolute Gasteiger partial charge is 0.235 e. The van der Waals surface area contributed by atoms with E-state index in [1.165, 1.54) is 19.2 Å². The van der Waals surface area contributed by atoms with Crippen molar-refractivity contribution in [3.8, 4) is 5.75 Å². The van der Waals surface area contributed by atoms with Crippen LogP contribution in [0.25, 0.3) is 0 Å².